The van der Waals surface area contributed by atoms with Gasteiger partial charge in [0.1, 0.15) is 11.5 Å². The zero-order valence-electron chi connectivity index (χ0n) is 9.93. The van der Waals surface area contributed by atoms with Gasteiger partial charge < -0.3 is 10.3 Å². The summed E-state index contributed by atoms with van der Waals surface area (Å²) in [6, 6.07) is 4.49. The van der Waals surface area contributed by atoms with E-state index in [-0.39, 0.29) is 11.7 Å². The summed E-state index contributed by atoms with van der Waals surface area (Å²) in [7, 11) is 0. The predicted molar refractivity (Wildman–Crippen MR) is 65.6 cm³/mol. The van der Waals surface area contributed by atoms with Crippen molar-refractivity contribution in [3.63, 3.8) is 0 Å². The Kier molecular flexibility index (Phi) is 3.13. The molecular formula is C13H15FN2O. The van der Waals surface area contributed by atoms with Crippen molar-refractivity contribution in [3.05, 3.63) is 35.3 Å². The van der Waals surface area contributed by atoms with Gasteiger partial charge in [-0.1, -0.05) is 6.92 Å². The maximum atomic E-state index is 13.1. The van der Waals surface area contributed by atoms with Gasteiger partial charge in [0.2, 0.25) is 0 Å². The van der Waals surface area contributed by atoms with Crippen LogP contribution in [-0.2, 0) is 0 Å². The summed E-state index contributed by atoms with van der Waals surface area (Å²) < 4.78 is 13.1. The summed E-state index contributed by atoms with van der Waals surface area (Å²) in [6.07, 6.45) is 0.889. The lowest BCUT2D eigenvalue weighted by molar-refractivity contribution is 0.0949. The standard InChI is InChI=1S/C13H15FN2O/c1-3-6-15-13(17)12-8(2)10-5-4-9(14)7-11(10)16-12/h4-5,7,16H,3,6H2,1-2H3,(H,15,17). The summed E-state index contributed by atoms with van der Waals surface area (Å²) in [6.45, 7) is 4.49. The molecule has 0 atom stereocenters. The van der Waals surface area contributed by atoms with E-state index in [9.17, 15) is 9.18 Å². The maximum absolute atomic E-state index is 13.1. The van der Waals surface area contributed by atoms with Crippen molar-refractivity contribution >= 4 is 16.8 Å². The number of carbonyl (C=O) groups excluding carboxylic acids is 1. The molecule has 0 fully saturated rings. The van der Waals surface area contributed by atoms with Crippen molar-refractivity contribution in [2.24, 2.45) is 0 Å². The fourth-order valence-corrected chi connectivity index (χ4v) is 1.86. The third-order valence-corrected chi connectivity index (χ3v) is 2.78. The van der Waals surface area contributed by atoms with Crippen LogP contribution >= 0.6 is 0 Å². The van der Waals surface area contributed by atoms with E-state index < -0.39 is 0 Å². The largest absolute Gasteiger partial charge is 0.351 e. The van der Waals surface area contributed by atoms with Gasteiger partial charge in [0.15, 0.2) is 0 Å². The third-order valence-electron chi connectivity index (χ3n) is 2.78. The zero-order chi connectivity index (χ0) is 12.4. The quantitative estimate of drug-likeness (QED) is 0.842. The van der Waals surface area contributed by atoms with Gasteiger partial charge in [-0.15, -0.1) is 0 Å². The molecule has 3 nitrogen and oxygen atoms in total. The summed E-state index contributed by atoms with van der Waals surface area (Å²) in [4.78, 5) is 14.8. The molecule has 1 aromatic carbocycles. The molecule has 0 aliphatic carbocycles. The van der Waals surface area contributed by atoms with Crippen molar-refractivity contribution in [3.8, 4) is 0 Å². The Bertz CT molecular complexity index is 560. The normalized spacial score (nSPS) is 10.8. The summed E-state index contributed by atoms with van der Waals surface area (Å²) in [5.41, 5.74) is 2.02. The molecule has 1 heterocycles. The Morgan fingerprint density at radius 2 is 2.24 bits per heavy atom. The van der Waals surface area contributed by atoms with Gasteiger partial charge in [-0.25, -0.2) is 4.39 Å². The van der Waals surface area contributed by atoms with Crippen LogP contribution in [0.15, 0.2) is 18.2 Å². The fourth-order valence-electron chi connectivity index (χ4n) is 1.86. The number of aromatic nitrogens is 1. The molecule has 2 rings (SSSR count). The first kappa shape index (κ1) is 11.6. The van der Waals surface area contributed by atoms with E-state index in [4.69, 9.17) is 0 Å². The van der Waals surface area contributed by atoms with Crippen molar-refractivity contribution in [2.45, 2.75) is 20.3 Å². The molecule has 4 heteroatoms. The number of fused-ring (bicyclic) bond motifs is 1. The molecule has 2 aromatic rings. The lowest BCUT2D eigenvalue weighted by Gasteiger charge is -2.01. The number of carbonyl (C=O) groups is 1. The Morgan fingerprint density at radius 3 is 2.94 bits per heavy atom. The average Bonchev–Trinajstić information content (AvgIpc) is 2.63. The van der Waals surface area contributed by atoms with E-state index in [0.29, 0.717) is 17.8 Å². The Balaban J connectivity index is 2.41. The molecular weight excluding hydrogens is 219 g/mol. The molecule has 90 valence electrons. The molecule has 1 amide bonds. The predicted octanol–water partition coefficient (Wildman–Crippen LogP) is 2.76. The number of rotatable bonds is 3. The van der Waals surface area contributed by atoms with Gasteiger partial charge >= 0.3 is 0 Å². The number of hydrogen-bond donors (Lipinski definition) is 2. The molecule has 0 saturated heterocycles. The van der Waals surface area contributed by atoms with Crippen LogP contribution in [-0.4, -0.2) is 17.4 Å². The molecule has 0 unspecified atom stereocenters. The monoisotopic (exact) mass is 234 g/mol. The molecule has 0 spiro atoms. The highest BCUT2D eigenvalue weighted by atomic mass is 19.1. The number of aromatic amines is 1. The maximum Gasteiger partial charge on any atom is 0.268 e. The van der Waals surface area contributed by atoms with Crippen molar-refractivity contribution in [1.82, 2.24) is 10.3 Å². The number of amides is 1. The van der Waals surface area contributed by atoms with E-state index in [1.807, 2.05) is 13.8 Å². The highest BCUT2D eigenvalue weighted by Crippen LogP contribution is 2.22. The van der Waals surface area contributed by atoms with E-state index in [1.165, 1.54) is 12.1 Å². The minimum absolute atomic E-state index is 0.138. The van der Waals surface area contributed by atoms with Crippen LogP contribution in [0.1, 0.15) is 29.4 Å². The van der Waals surface area contributed by atoms with Crippen LogP contribution in [0.5, 0.6) is 0 Å². The highest BCUT2D eigenvalue weighted by Gasteiger charge is 2.14. The van der Waals surface area contributed by atoms with Gasteiger partial charge in [-0.2, -0.15) is 0 Å². The van der Waals surface area contributed by atoms with Gasteiger partial charge in [-0.3, -0.25) is 4.79 Å². The molecule has 0 aliphatic heterocycles. The fraction of sp³-hybridized carbons (Fsp3) is 0.308. The first-order chi connectivity index (χ1) is 8.13. The van der Waals surface area contributed by atoms with Crippen LogP contribution in [0.3, 0.4) is 0 Å². The van der Waals surface area contributed by atoms with E-state index in [0.717, 1.165) is 17.4 Å². The topological polar surface area (TPSA) is 44.9 Å². The lowest BCUT2D eigenvalue weighted by atomic mass is 10.1. The van der Waals surface area contributed by atoms with Gasteiger partial charge in [0.25, 0.3) is 5.91 Å². The van der Waals surface area contributed by atoms with E-state index in [1.54, 1.807) is 6.07 Å². The van der Waals surface area contributed by atoms with Gasteiger partial charge in [0, 0.05) is 17.4 Å². The van der Waals surface area contributed by atoms with E-state index >= 15 is 0 Å². The highest BCUT2D eigenvalue weighted by molar-refractivity contribution is 6.00. The molecule has 17 heavy (non-hydrogen) atoms. The second kappa shape index (κ2) is 4.57. The smallest absolute Gasteiger partial charge is 0.268 e. The Hall–Kier alpha value is -1.84. The lowest BCUT2D eigenvalue weighted by Crippen LogP contribution is -2.24. The van der Waals surface area contributed by atoms with Crippen LogP contribution in [0.2, 0.25) is 0 Å². The molecule has 2 N–H and O–H groups in total. The molecule has 0 saturated carbocycles. The van der Waals surface area contributed by atoms with Gasteiger partial charge in [0.05, 0.1) is 0 Å². The second-order valence-electron chi connectivity index (χ2n) is 4.07. The summed E-state index contributed by atoms with van der Waals surface area (Å²) in [5.74, 6) is -0.444. The number of benzene rings is 1. The summed E-state index contributed by atoms with van der Waals surface area (Å²) in [5, 5.41) is 3.68. The number of halogens is 1. The van der Waals surface area contributed by atoms with Crippen molar-refractivity contribution < 1.29 is 9.18 Å². The van der Waals surface area contributed by atoms with Crippen LogP contribution < -0.4 is 5.32 Å². The Morgan fingerprint density at radius 1 is 1.47 bits per heavy atom. The third kappa shape index (κ3) is 2.16. The molecule has 1 aromatic heterocycles. The minimum atomic E-state index is -0.306. The average molecular weight is 234 g/mol. The number of hydrogen-bond acceptors (Lipinski definition) is 1. The van der Waals surface area contributed by atoms with Crippen molar-refractivity contribution in [2.75, 3.05) is 6.54 Å². The first-order valence-electron chi connectivity index (χ1n) is 5.69. The first-order valence-corrected chi connectivity index (χ1v) is 5.69. The van der Waals surface area contributed by atoms with Crippen LogP contribution in [0.4, 0.5) is 4.39 Å². The number of aryl methyl sites for hydroxylation is 1. The summed E-state index contributed by atoms with van der Waals surface area (Å²) >= 11 is 0. The van der Waals surface area contributed by atoms with Gasteiger partial charge in [-0.05, 0) is 37.1 Å². The number of H-pyrrole nitrogens is 1. The Labute approximate surface area is 99.0 Å². The minimum Gasteiger partial charge on any atom is -0.351 e. The van der Waals surface area contributed by atoms with Crippen LogP contribution in [0, 0.1) is 12.7 Å². The molecule has 0 aliphatic rings. The molecule has 0 bridgehead atoms. The zero-order valence-corrected chi connectivity index (χ0v) is 9.93. The number of nitrogens with one attached hydrogen (secondary N) is 2. The van der Waals surface area contributed by atoms with Crippen LogP contribution in [0.25, 0.3) is 10.9 Å². The second-order valence-corrected chi connectivity index (χ2v) is 4.07. The SMILES string of the molecule is CCCNC(=O)c1[nH]c2cc(F)ccc2c1C. The molecule has 0 radical (unpaired) electrons. The van der Waals surface area contributed by atoms with Crippen molar-refractivity contribution in [1.29, 1.82) is 0 Å². The van der Waals surface area contributed by atoms with E-state index in [2.05, 4.69) is 10.3 Å².